The van der Waals surface area contributed by atoms with Gasteiger partial charge in [0.15, 0.2) is 0 Å². The molecule has 0 aromatic carbocycles. The number of hydrogen-bond acceptors (Lipinski definition) is 9. The molecule has 1 aliphatic rings. The molecule has 0 radical (unpaired) electrons. The van der Waals surface area contributed by atoms with Crippen LogP contribution in [0.2, 0.25) is 0 Å². The molecule has 3 aromatic heterocycles. The summed E-state index contributed by atoms with van der Waals surface area (Å²) in [4.78, 5) is 18.8. The number of anilines is 2. The summed E-state index contributed by atoms with van der Waals surface area (Å²) in [6.45, 7) is 8.98. The molecule has 8 nitrogen and oxygen atoms in total. The monoisotopic (exact) mass is 456 g/mol. The number of aromatic nitrogens is 4. The van der Waals surface area contributed by atoms with Gasteiger partial charge in [-0.25, -0.2) is 9.97 Å². The number of hydrogen-bond donors (Lipinski definition) is 3. The quantitative estimate of drug-likeness (QED) is 0.434. The first-order valence-corrected chi connectivity index (χ1v) is 11.9. The summed E-state index contributed by atoms with van der Waals surface area (Å²) < 4.78 is 6.24. The first kappa shape index (κ1) is 22.8. The Kier molecular flexibility index (Phi) is 6.60. The second-order valence-electron chi connectivity index (χ2n) is 9.04. The molecule has 2 atom stereocenters. The lowest BCUT2D eigenvalue weighted by Crippen LogP contribution is -2.30. The summed E-state index contributed by atoms with van der Waals surface area (Å²) in [5.74, 6) is 1.62. The average Bonchev–Trinajstić information content (AvgIpc) is 3.36. The Balaban J connectivity index is 1.70. The molecule has 3 heterocycles. The van der Waals surface area contributed by atoms with Crippen LogP contribution in [-0.2, 0) is 4.74 Å². The highest BCUT2D eigenvalue weighted by Gasteiger charge is 2.35. The predicted molar refractivity (Wildman–Crippen MR) is 129 cm³/mol. The Hall–Kier alpha value is -2.36. The number of methoxy groups -OCH3 is 1. The van der Waals surface area contributed by atoms with Crippen molar-refractivity contribution < 1.29 is 9.84 Å². The number of aliphatic hydroxyl groups is 1. The molecule has 0 spiro atoms. The van der Waals surface area contributed by atoms with Crippen molar-refractivity contribution in [2.45, 2.75) is 58.6 Å². The van der Waals surface area contributed by atoms with Crippen molar-refractivity contribution in [2.75, 3.05) is 30.9 Å². The van der Waals surface area contributed by atoms with E-state index >= 15 is 0 Å². The molecule has 2 unspecified atom stereocenters. The topological polar surface area (TPSA) is 105 Å². The van der Waals surface area contributed by atoms with Crippen molar-refractivity contribution in [1.29, 1.82) is 0 Å². The lowest BCUT2D eigenvalue weighted by atomic mass is 9.89. The van der Waals surface area contributed by atoms with Gasteiger partial charge in [-0.3, -0.25) is 4.98 Å². The van der Waals surface area contributed by atoms with E-state index in [1.165, 1.54) is 0 Å². The molecule has 9 heteroatoms. The van der Waals surface area contributed by atoms with Gasteiger partial charge in [0.2, 0.25) is 5.95 Å². The fourth-order valence-corrected chi connectivity index (χ4v) is 5.42. The van der Waals surface area contributed by atoms with Crippen LogP contribution in [0.25, 0.3) is 20.8 Å². The number of nitrogens with one attached hydrogen (secondary N) is 2. The van der Waals surface area contributed by atoms with Crippen LogP contribution in [0.3, 0.4) is 0 Å². The van der Waals surface area contributed by atoms with Crippen LogP contribution in [0.1, 0.15) is 44.5 Å². The van der Waals surface area contributed by atoms with Crippen LogP contribution in [0.4, 0.5) is 11.8 Å². The fourth-order valence-electron chi connectivity index (χ4n) is 4.31. The molecular weight excluding hydrogens is 424 g/mol. The number of pyridine rings is 1. The third-order valence-corrected chi connectivity index (χ3v) is 7.19. The molecule has 1 fully saturated rings. The van der Waals surface area contributed by atoms with Gasteiger partial charge < -0.3 is 20.5 Å². The van der Waals surface area contributed by atoms with E-state index in [9.17, 15) is 5.11 Å². The van der Waals surface area contributed by atoms with Gasteiger partial charge in [0.1, 0.15) is 16.3 Å². The van der Waals surface area contributed by atoms with E-state index in [-0.39, 0.29) is 12.0 Å². The van der Waals surface area contributed by atoms with E-state index in [1.807, 2.05) is 40.0 Å². The summed E-state index contributed by atoms with van der Waals surface area (Å²) in [6.07, 6.45) is 4.71. The molecule has 1 saturated carbocycles. The van der Waals surface area contributed by atoms with E-state index in [1.54, 1.807) is 18.4 Å². The maximum absolute atomic E-state index is 10.5. The van der Waals surface area contributed by atoms with Crippen molar-refractivity contribution in [3.8, 4) is 10.6 Å². The van der Waals surface area contributed by atoms with Crippen molar-refractivity contribution in [3.05, 3.63) is 23.7 Å². The lowest BCUT2D eigenvalue weighted by molar-refractivity contribution is 0.0197. The number of fused-ring (bicyclic) bond motifs is 1. The van der Waals surface area contributed by atoms with E-state index in [0.29, 0.717) is 19.1 Å². The van der Waals surface area contributed by atoms with Crippen molar-refractivity contribution in [2.24, 2.45) is 5.92 Å². The van der Waals surface area contributed by atoms with Crippen LogP contribution in [0.15, 0.2) is 12.3 Å². The zero-order chi connectivity index (χ0) is 22.9. The minimum atomic E-state index is -0.675. The third kappa shape index (κ3) is 4.84. The van der Waals surface area contributed by atoms with Crippen LogP contribution in [-0.4, -0.2) is 56.9 Å². The number of ether oxygens (including phenoxy) is 1. The highest BCUT2D eigenvalue weighted by Crippen LogP contribution is 2.39. The highest BCUT2D eigenvalue weighted by molar-refractivity contribution is 7.21. The zero-order valence-electron chi connectivity index (χ0n) is 19.4. The summed E-state index contributed by atoms with van der Waals surface area (Å²) in [5.41, 5.74) is 2.95. The van der Waals surface area contributed by atoms with Crippen molar-refractivity contribution in [1.82, 2.24) is 19.9 Å². The summed E-state index contributed by atoms with van der Waals surface area (Å²) in [6, 6.07) is 2.24. The summed E-state index contributed by atoms with van der Waals surface area (Å²) in [7, 11) is 1.67. The number of aryl methyl sites for hydroxylation is 2. The molecule has 0 aliphatic heterocycles. The smallest absolute Gasteiger partial charge is 0.224 e. The first-order chi connectivity index (χ1) is 15.3. The van der Waals surface area contributed by atoms with Gasteiger partial charge in [-0.1, -0.05) is 0 Å². The molecule has 172 valence electrons. The Morgan fingerprint density at radius 2 is 2.00 bits per heavy atom. The second kappa shape index (κ2) is 9.25. The molecule has 0 bridgehead atoms. The fraction of sp³-hybridized carbons (Fsp3) is 0.565. The normalized spacial score (nSPS) is 18.9. The minimum Gasteiger partial charge on any atom is -0.390 e. The molecule has 32 heavy (non-hydrogen) atoms. The van der Waals surface area contributed by atoms with Crippen LogP contribution in [0, 0.1) is 19.8 Å². The van der Waals surface area contributed by atoms with Gasteiger partial charge in [-0.2, -0.15) is 4.98 Å². The molecular formula is C23H32N6O2S. The van der Waals surface area contributed by atoms with Gasteiger partial charge in [-0.15, -0.1) is 11.3 Å². The van der Waals surface area contributed by atoms with Crippen LogP contribution >= 0.6 is 11.3 Å². The van der Waals surface area contributed by atoms with Crippen molar-refractivity contribution >= 4 is 33.3 Å². The average molecular weight is 457 g/mol. The molecule has 0 amide bonds. The largest absolute Gasteiger partial charge is 0.390 e. The Morgan fingerprint density at radius 1 is 1.19 bits per heavy atom. The lowest BCUT2D eigenvalue weighted by Gasteiger charge is -2.25. The van der Waals surface area contributed by atoms with Gasteiger partial charge >= 0.3 is 0 Å². The summed E-state index contributed by atoms with van der Waals surface area (Å²) >= 11 is 1.63. The van der Waals surface area contributed by atoms with Crippen LogP contribution < -0.4 is 10.6 Å². The van der Waals surface area contributed by atoms with E-state index < -0.39 is 5.60 Å². The SMILES string of the molecule is COCCNc1nc(C)c(-c2nc3c(C)nccc3s2)c(NC2CCC(C(C)(C)O)C2)n1. The van der Waals surface area contributed by atoms with E-state index in [4.69, 9.17) is 19.7 Å². The van der Waals surface area contributed by atoms with E-state index in [0.717, 1.165) is 57.3 Å². The maximum atomic E-state index is 10.5. The number of thiazole rings is 1. The second-order valence-corrected chi connectivity index (χ2v) is 10.1. The molecule has 3 aromatic rings. The Morgan fingerprint density at radius 3 is 2.69 bits per heavy atom. The van der Waals surface area contributed by atoms with Gasteiger partial charge in [0.25, 0.3) is 0 Å². The summed E-state index contributed by atoms with van der Waals surface area (Å²) in [5, 5.41) is 18.2. The third-order valence-electron chi connectivity index (χ3n) is 6.16. The van der Waals surface area contributed by atoms with E-state index in [2.05, 4.69) is 15.6 Å². The van der Waals surface area contributed by atoms with Gasteiger partial charge in [0.05, 0.1) is 33.9 Å². The van der Waals surface area contributed by atoms with Gasteiger partial charge in [0, 0.05) is 25.9 Å². The standard InChI is InChI=1S/C23H32N6O2S/c1-13-18(21-28-19-14(2)24-9-8-17(19)32-21)20(29-22(26-13)25-10-11-31-5)27-16-7-6-15(12-16)23(3,4)30/h8-9,15-16,30H,6-7,10-12H2,1-5H3,(H2,25,26,27,29). The highest BCUT2D eigenvalue weighted by atomic mass is 32.1. The zero-order valence-corrected chi connectivity index (χ0v) is 20.2. The molecule has 0 saturated heterocycles. The van der Waals surface area contributed by atoms with Crippen LogP contribution in [0.5, 0.6) is 0 Å². The van der Waals surface area contributed by atoms with Crippen molar-refractivity contribution in [3.63, 3.8) is 0 Å². The molecule has 3 N–H and O–H groups in total. The predicted octanol–water partition coefficient (Wildman–Crippen LogP) is 4.17. The molecule has 1 aliphatic carbocycles. The maximum Gasteiger partial charge on any atom is 0.224 e. The Bertz CT molecular complexity index is 1090. The number of rotatable bonds is 8. The molecule has 4 rings (SSSR count). The first-order valence-electron chi connectivity index (χ1n) is 11.1. The number of nitrogens with zero attached hydrogens (tertiary/aromatic N) is 4. The minimum absolute atomic E-state index is 0.240. The van der Waals surface area contributed by atoms with Gasteiger partial charge in [-0.05, 0) is 58.9 Å². The Labute approximate surface area is 192 Å².